The van der Waals surface area contributed by atoms with Gasteiger partial charge in [-0.15, -0.1) is 11.6 Å². The first kappa shape index (κ1) is 15.9. The van der Waals surface area contributed by atoms with Crippen LogP contribution in [0, 0.1) is 5.82 Å². The Balaban J connectivity index is 2.65. The van der Waals surface area contributed by atoms with Gasteiger partial charge in [0.2, 0.25) is 0 Å². The van der Waals surface area contributed by atoms with Crippen molar-refractivity contribution in [2.45, 2.75) is 37.4 Å². The van der Waals surface area contributed by atoms with E-state index in [0.717, 1.165) is 17.9 Å². The molecule has 2 rings (SSSR count). The highest BCUT2D eigenvalue weighted by Gasteiger charge is 2.23. The van der Waals surface area contributed by atoms with Crippen molar-refractivity contribution in [2.24, 2.45) is 0 Å². The van der Waals surface area contributed by atoms with E-state index < -0.39 is 5.82 Å². The molecule has 1 aromatic heterocycles. The predicted octanol–water partition coefficient (Wildman–Crippen LogP) is 5.27. The number of benzene rings is 1. The molecule has 20 heavy (non-hydrogen) atoms. The molecule has 0 N–H and O–H groups in total. The van der Waals surface area contributed by atoms with Crippen molar-refractivity contribution in [3.05, 3.63) is 28.8 Å². The molecule has 0 saturated heterocycles. The van der Waals surface area contributed by atoms with Gasteiger partial charge in [0.15, 0.2) is 0 Å². The van der Waals surface area contributed by atoms with Crippen LogP contribution in [0.3, 0.4) is 0 Å². The third-order valence-corrected chi connectivity index (χ3v) is 4.99. The second-order valence-corrected chi connectivity index (χ2v) is 7.97. The van der Waals surface area contributed by atoms with Gasteiger partial charge in [0, 0.05) is 17.4 Å². The highest BCUT2D eigenvalue weighted by Crippen LogP contribution is 2.32. The average molecular weight is 335 g/mol. The molecular formula is C14H17Cl2FN2S. The number of hydrogen-bond acceptors (Lipinski definition) is 2. The van der Waals surface area contributed by atoms with Crippen molar-refractivity contribution in [1.82, 2.24) is 9.55 Å². The molecule has 0 spiro atoms. The molecule has 6 heteroatoms. The summed E-state index contributed by atoms with van der Waals surface area (Å²) in [5.41, 5.74) is 1.41. The molecule has 0 amide bonds. The van der Waals surface area contributed by atoms with E-state index in [1.165, 1.54) is 6.07 Å². The Kier molecular flexibility index (Phi) is 4.57. The van der Waals surface area contributed by atoms with Gasteiger partial charge in [-0.1, -0.05) is 11.6 Å². The van der Waals surface area contributed by atoms with Crippen molar-refractivity contribution in [1.29, 1.82) is 0 Å². The Hall–Kier alpha value is -0.450. The zero-order chi connectivity index (χ0) is 15.1. The van der Waals surface area contributed by atoms with Crippen LogP contribution in [0.25, 0.3) is 11.0 Å². The smallest absolute Gasteiger partial charge is 0.144 e. The molecule has 0 aliphatic heterocycles. The van der Waals surface area contributed by atoms with Gasteiger partial charge in [-0.25, -0.2) is 9.37 Å². The summed E-state index contributed by atoms with van der Waals surface area (Å²) in [7, 11) is 0. The molecule has 0 bridgehead atoms. The van der Waals surface area contributed by atoms with E-state index in [2.05, 4.69) is 25.1 Å². The number of fused-ring (bicyclic) bond motifs is 1. The van der Waals surface area contributed by atoms with Gasteiger partial charge in [0.1, 0.15) is 11.6 Å². The van der Waals surface area contributed by atoms with Crippen molar-refractivity contribution in [2.75, 3.05) is 6.26 Å². The zero-order valence-electron chi connectivity index (χ0n) is 11.9. The number of imidazole rings is 1. The van der Waals surface area contributed by atoms with Crippen molar-refractivity contribution >= 4 is 46.0 Å². The minimum absolute atomic E-state index is 0.0228. The van der Waals surface area contributed by atoms with Gasteiger partial charge >= 0.3 is 0 Å². The molecule has 0 aliphatic rings. The fourth-order valence-electron chi connectivity index (χ4n) is 2.05. The van der Waals surface area contributed by atoms with E-state index >= 15 is 0 Å². The predicted molar refractivity (Wildman–Crippen MR) is 86.6 cm³/mol. The standard InChI is InChI=1S/C14H17Cl2FN2S/c1-8(15)13-18-11-6-10(17)9(16)5-12(11)19(13)7-14(2,3)20-4/h5-6,8H,7H2,1-4H3. The lowest BCUT2D eigenvalue weighted by Crippen LogP contribution is -2.23. The minimum atomic E-state index is -0.457. The fraction of sp³-hybridized carbons (Fsp3) is 0.500. The van der Waals surface area contributed by atoms with Gasteiger partial charge in [-0.3, -0.25) is 0 Å². The number of nitrogens with zero attached hydrogens (tertiary/aromatic N) is 2. The highest BCUT2D eigenvalue weighted by molar-refractivity contribution is 7.99. The topological polar surface area (TPSA) is 17.8 Å². The van der Waals surface area contributed by atoms with Crippen LogP contribution in [0.5, 0.6) is 0 Å². The minimum Gasteiger partial charge on any atom is -0.325 e. The number of halogens is 3. The number of rotatable bonds is 4. The summed E-state index contributed by atoms with van der Waals surface area (Å²) in [6.45, 7) is 6.90. The maximum absolute atomic E-state index is 13.6. The number of alkyl halides is 1. The number of thioether (sulfide) groups is 1. The Morgan fingerprint density at radius 1 is 1.45 bits per heavy atom. The summed E-state index contributed by atoms with van der Waals surface area (Å²) in [6.07, 6.45) is 2.07. The van der Waals surface area contributed by atoms with Gasteiger partial charge in [0.05, 0.1) is 21.4 Å². The van der Waals surface area contributed by atoms with E-state index in [-0.39, 0.29) is 15.1 Å². The second-order valence-electron chi connectivity index (χ2n) is 5.39. The molecular weight excluding hydrogens is 318 g/mol. The molecule has 1 unspecified atom stereocenters. The van der Waals surface area contributed by atoms with Crippen LogP contribution >= 0.6 is 35.0 Å². The average Bonchev–Trinajstić information content (AvgIpc) is 2.68. The lowest BCUT2D eigenvalue weighted by Gasteiger charge is -2.24. The van der Waals surface area contributed by atoms with Gasteiger partial charge in [-0.2, -0.15) is 11.8 Å². The second kappa shape index (κ2) is 5.74. The largest absolute Gasteiger partial charge is 0.325 e. The van der Waals surface area contributed by atoms with E-state index in [1.807, 2.05) is 11.5 Å². The van der Waals surface area contributed by atoms with E-state index in [0.29, 0.717) is 5.52 Å². The van der Waals surface area contributed by atoms with Crippen LogP contribution in [0.4, 0.5) is 4.39 Å². The molecule has 1 atom stereocenters. The van der Waals surface area contributed by atoms with E-state index in [9.17, 15) is 4.39 Å². The SMILES string of the molecule is CSC(C)(C)Cn1c(C(C)Cl)nc2cc(F)c(Cl)cc21. The maximum atomic E-state index is 13.6. The zero-order valence-corrected chi connectivity index (χ0v) is 14.2. The molecule has 0 radical (unpaired) electrons. The lowest BCUT2D eigenvalue weighted by molar-refractivity contribution is 0.559. The Morgan fingerprint density at radius 3 is 2.65 bits per heavy atom. The van der Waals surface area contributed by atoms with Gasteiger partial charge in [-0.05, 0) is 33.1 Å². The summed E-state index contributed by atoms with van der Waals surface area (Å²) >= 11 is 13.9. The van der Waals surface area contributed by atoms with E-state index in [1.54, 1.807) is 17.8 Å². The fourth-order valence-corrected chi connectivity index (χ4v) is 2.64. The Morgan fingerprint density at radius 2 is 2.10 bits per heavy atom. The van der Waals surface area contributed by atoms with Crippen molar-refractivity contribution < 1.29 is 4.39 Å². The number of hydrogen-bond donors (Lipinski definition) is 0. The van der Waals surface area contributed by atoms with E-state index in [4.69, 9.17) is 23.2 Å². The quantitative estimate of drug-likeness (QED) is 0.708. The monoisotopic (exact) mass is 334 g/mol. The van der Waals surface area contributed by atoms with Crippen LogP contribution < -0.4 is 0 Å². The molecule has 0 saturated carbocycles. The van der Waals surface area contributed by atoms with Crippen LogP contribution in [0.1, 0.15) is 32.0 Å². The van der Waals surface area contributed by atoms with Gasteiger partial charge < -0.3 is 4.57 Å². The molecule has 0 fully saturated rings. The summed E-state index contributed by atoms with van der Waals surface area (Å²) in [5, 5.41) is -0.142. The molecule has 1 aromatic carbocycles. The van der Waals surface area contributed by atoms with Crippen LogP contribution in [0.15, 0.2) is 12.1 Å². The van der Waals surface area contributed by atoms with Crippen molar-refractivity contribution in [3.63, 3.8) is 0 Å². The normalized spacial score (nSPS) is 13.9. The first-order valence-electron chi connectivity index (χ1n) is 6.29. The van der Waals surface area contributed by atoms with Crippen LogP contribution in [0.2, 0.25) is 5.02 Å². The van der Waals surface area contributed by atoms with Gasteiger partial charge in [0.25, 0.3) is 0 Å². The highest BCUT2D eigenvalue weighted by atomic mass is 35.5. The Bertz CT molecular complexity index is 638. The first-order chi connectivity index (χ1) is 9.25. The summed E-state index contributed by atoms with van der Waals surface area (Å²) < 4.78 is 15.6. The first-order valence-corrected chi connectivity index (χ1v) is 8.33. The number of aromatic nitrogens is 2. The summed E-state index contributed by atoms with van der Waals surface area (Å²) in [4.78, 5) is 4.46. The maximum Gasteiger partial charge on any atom is 0.144 e. The molecule has 110 valence electrons. The molecule has 0 aliphatic carbocycles. The van der Waals surface area contributed by atoms with Crippen molar-refractivity contribution in [3.8, 4) is 0 Å². The summed E-state index contributed by atoms with van der Waals surface area (Å²) in [5.74, 6) is 0.284. The summed E-state index contributed by atoms with van der Waals surface area (Å²) in [6, 6.07) is 2.99. The molecule has 1 heterocycles. The van der Waals surface area contributed by atoms with Crippen LogP contribution in [-0.4, -0.2) is 20.6 Å². The molecule has 2 aromatic rings. The van der Waals surface area contributed by atoms with Crippen LogP contribution in [-0.2, 0) is 6.54 Å². The lowest BCUT2D eigenvalue weighted by atomic mass is 10.2. The third-order valence-electron chi connectivity index (χ3n) is 3.27. The molecule has 2 nitrogen and oxygen atoms in total. The Labute approximate surface area is 132 Å². The third kappa shape index (κ3) is 3.07.